The number of nitrogens with zero attached hydrogens (tertiary/aromatic N) is 6. The van der Waals surface area contributed by atoms with Crippen molar-refractivity contribution in [2.24, 2.45) is 0 Å². The normalized spacial score (nSPS) is 14.0. The van der Waals surface area contributed by atoms with E-state index in [2.05, 4.69) is 29.8 Å². The van der Waals surface area contributed by atoms with Gasteiger partial charge in [0.15, 0.2) is 5.82 Å². The summed E-state index contributed by atoms with van der Waals surface area (Å²) in [6.07, 6.45) is 6.10. The van der Waals surface area contributed by atoms with Gasteiger partial charge in [-0.2, -0.15) is 0 Å². The van der Waals surface area contributed by atoms with Crippen LogP contribution in [0.25, 0.3) is 11.5 Å². The van der Waals surface area contributed by atoms with Crippen molar-refractivity contribution < 1.29 is 0 Å². The molecule has 4 heterocycles. The second kappa shape index (κ2) is 7.24. The lowest BCUT2D eigenvalue weighted by Crippen LogP contribution is -2.35. The van der Waals surface area contributed by atoms with Gasteiger partial charge in [0.25, 0.3) is 5.56 Å². The van der Waals surface area contributed by atoms with E-state index >= 15 is 0 Å². The van der Waals surface area contributed by atoms with Crippen molar-refractivity contribution in [3.05, 3.63) is 64.0 Å². The maximum absolute atomic E-state index is 12.6. The zero-order chi connectivity index (χ0) is 18.8. The van der Waals surface area contributed by atoms with Gasteiger partial charge in [-0.3, -0.25) is 14.7 Å². The van der Waals surface area contributed by atoms with Crippen LogP contribution in [0.5, 0.6) is 0 Å². The molecule has 8 heteroatoms. The van der Waals surface area contributed by atoms with E-state index in [4.69, 9.17) is 0 Å². The number of aromatic nitrogens is 5. The van der Waals surface area contributed by atoms with Gasteiger partial charge in [0, 0.05) is 64.3 Å². The van der Waals surface area contributed by atoms with Crippen molar-refractivity contribution in [1.29, 1.82) is 0 Å². The molecule has 4 rings (SSSR count). The Bertz CT molecular complexity index is 983. The molecule has 0 unspecified atom stereocenters. The molecular weight excluding hydrogens is 342 g/mol. The highest BCUT2D eigenvalue weighted by molar-refractivity contribution is 5.49. The third-order valence-electron chi connectivity index (χ3n) is 4.55. The average Bonchev–Trinajstić information content (AvgIpc) is 2.69. The smallest absolute Gasteiger partial charge is 0.255 e. The van der Waals surface area contributed by atoms with Crippen LogP contribution < -0.4 is 10.5 Å². The lowest BCUT2D eigenvalue weighted by Gasteiger charge is -2.27. The van der Waals surface area contributed by atoms with Crippen LogP contribution in [0.3, 0.4) is 0 Å². The molecular formula is C19H21N7O. The fraction of sp³-hybridized carbons (Fsp3) is 0.316. The second-order valence-electron chi connectivity index (χ2n) is 6.80. The van der Waals surface area contributed by atoms with E-state index < -0.39 is 0 Å². The fourth-order valence-electron chi connectivity index (χ4n) is 3.16. The molecule has 0 aromatic carbocycles. The first-order chi connectivity index (χ1) is 13.1. The molecule has 138 valence electrons. The molecule has 0 saturated carbocycles. The number of fused-ring (bicyclic) bond motifs is 1. The third-order valence-corrected chi connectivity index (χ3v) is 4.55. The summed E-state index contributed by atoms with van der Waals surface area (Å²) in [5.74, 6) is 1.21. The zero-order valence-corrected chi connectivity index (χ0v) is 15.4. The van der Waals surface area contributed by atoms with Gasteiger partial charge < -0.3 is 9.88 Å². The van der Waals surface area contributed by atoms with Crippen LogP contribution >= 0.6 is 0 Å². The van der Waals surface area contributed by atoms with Crippen molar-refractivity contribution in [1.82, 2.24) is 29.8 Å². The molecule has 0 saturated heterocycles. The van der Waals surface area contributed by atoms with Crippen LogP contribution in [0.15, 0.2) is 41.6 Å². The van der Waals surface area contributed by atoms with E-state index in [1.165, 1.54) is 0 Å². The van der Waals surface area contributed by atoms with Crippen LogP contribution in [0, 0.1) is 0 Å². The minimum absolute atomic E-state index is 0.0930. The van der Waals surface area contributed by atoms with Crippen LogP contribution in [0.2, 0.25) is 0 Å². The Balaban J connectivity index is 1.52. The number of anilines is 1. The summed E-state index contributed by atoms with van der Waals surface area (Å²) in [6, 6.07) is 5.57. The molecule has 1 aliphatic heterocycles. The molecule has 0 spiro atoms. The van der Waals surface area contributed by atoms with Gasteiger partial charge in [-0.25, -0.2) is 15.0 Å². The SMILES string of the molecule is CN(C)c1ncc(CN2CCc3nc(-c4ccccn4)[nH]c(=O)c3C2)cn1. The van der Waals surface area contributed by atoms with E-state index in [0.29, 0.717) is 30.6 Å². The molecule has 0 atom stereocenters. The molecule has 1 aliphatic rings. The molecule has 0 aliphatic carbocycles. The highest BCUT2D eigenvalue weighted by Gasteiger charge is 2.22. The summed E-state index contributed by atoms with van der Waals surface area (Å²) in [6.45, 7) is 2.10. The van der Waals surface area contributed by atoms with Crippen LogP contribution in [0.4, 0.5) is 5.95 Å². The second-order valence-corrected chi connectivity index (χ2v) is 6.80. The quantitative estimate of drug-likeness (QED) is 0.746. The van der Waals surface area contributed by atoms with E-state index in [0.717, 1.165) is 29.8 Å². The molecule has 0 radical (unpaired) electrons. The lowest BCUT2D eigenvalue weighted by molar-refractivity contribution is 0.241. The van der Waals surface area contributed by atoms with Crippen molar-refractivity contribution in [2.75, 3.05) is 25.5 Å². The Hall–Kier alpha value is -3.13. The fourth-order valence-corrected chi connectivity index (χ4v) is 3.16. The molecule has 1 N–H and O–H groups in total. The predicted octanol–water partition coefficient (Wildman–Crippen LogP) is 1.25. The summed E-state index contributed by atoms with van der Waals surface area (Å²) < 4.78 is 0. The summed E-state index contributed by atoms with van der Waals surface area (Å²) in [5.41, 5.74) is 3.20. The molecule has 0 amide bonds. The first-order valence-corrected chi connectivity index (χ1v) is 8.84. The monoisotopic (exact) mass is 363 g/mol. The van der Waals surface area contributed by atoms with Gasteiger partial charge in [0.2, 0.25) is 5.95 Å². The topological polar surface area (TPSA) is 90.9 Å². The average molecular weight is 363 g/mol. The van der Waals surface area contributed by atoms with Crippen molar-refractivity contribution in [3.63, 3.8) is 0 Å². The number of pyridine rings is 1. The summed E-state index contributed by atoms with van der Waals surface area (Å²) >= 11 is 0. The van der Waals surface area contributed by atoms with Gasteiger partial charge in [-0.1, -0.05) is 6.07 Å². The number of hydrogen-bond acceptors (Lipinski definition) is 7. The van der Waals surface area contributed by atoms with Gasteiger partial charge in [0.05, 0.1) is 11.3 Å². The molecule has 0 bridgehead atoms. The number of nitrogens with one attached hydrogen (secondary N) is 1. The molecule has 3 aromatic rings. The zero-order valence-electron chi connectivity index (χ0n) is 15.4. The van der Waals surface area contributed by atoms with Gasteiger partial charge in [-0.15, -0.1) is 0 Å². The van der Waals surface area contributed by atoms with Crippen molar-refractivity contribution in [3.8, 4) is 11.5 Å². The van der Waals surface area contributed by atoms with Gasteiger partial charge >= 0.3 is 0 Å². The Morgan fingerprint density at radius 3 is 2.70 bits per heavy atom. The number of H-pyrrole nitrogens is 1. The predicted molar refractivity (Wildman–Crippen MR) is 102 cm³/mol. The van der Waals surface area contributed by atoms with Gasteiger partial charge in [-0.05, 0) is 12.1 Å². The first kappa shape index (κ1) is 17.3. The Morgan fingerprint density at radius 1 is 1.19 bits per heavy atom. The van der Waals surface area contributed by atoms with E-state index in [9.17, 15) is 4.79 Å². The van der Waals surface area contributed by atoms with Crippen LogP contribution in [-0.2, 0) is 19.5 Å². The Kier molecular flexibility index (Phi) is 4.64. The molecule has 27 heavy (non-hydrogen) atoms. The lowest BCUT2D eigenvalue weighted by atomic mass is 10.1. The molecule has 8 nitrogen and oxygen atoms in total. The summed E-state index contributed by atoms with van der Waals surface area (Å²) in [4.78, 5) is 37.2. The van der Waals surface area contributed by atoms with Crippen LogP contribution in [-0.4, -0.2) is 50.5 Å². The highest BCUT2D eigenvalue weighted by atomic mass is 16.1. The van der Waals surface area contributed by atoms with Crippen LogP contribution in [0.1, 0.15) is 16.8 Å². The number of rotatable bonds is 4. The summed E-state index contributed by atoms with van der Waals surface area (Å²) in [5, 5.41) is 0. The number of hydrogen-bond donors (Lipinski definition) is 1. The minimum Gasteiger partial charge on any atom is -0.347 e. The highest BCUT2D eigenvalue weighted by Crippen LogP contribution is 2.19. The largest absolute Gasteiger partial charge is 0.347 e. The standard InChI is InChI=1S/C19H21N7O/c1-25(2)19-21-9-13(10-22-19)11-26-8-6-15-14(12-26)18(27)24-17(23-15)16-5-3-4-7-20-16/h3-5,7,9-10H,6,8,11-12H2,1-2H3,(H,23,24,27). The van der Waals surface area contributed by atoms with Crippen molar-refractivity contribution >= 4 is 5.95 Å². The maximum Gasteiger partial charge on any atom is 0.255 e. The maximum atomic E-state index is 12.6. The molecule has 3 aromatic heterocycles. The molecule has 0 fully saturated rings. The van der Waals surface area contributed by atoms with E-state index in [-0.39, 0.29) is 5.56 Å². The minimum atomic E-state index is -0.0930. The number of aromatic amines is 1. The Morgan fingerprint density at radius 2 is 2.00 bits per heavy atom. The van der Waals surface area contributed by atoms with Crippen molar-refractivity contribution in [2.45, 2.75) is 19.5 Å². The summed E-state index contributed by atoms with van der Waals surface area (Å²) in [7, 11) is 3.82. The van der Waals surface area contributed by atoms with E-state index in [1.807, 2.05) is 49.6 Å². The van der Waals surface area contributed by atoms with E-state index in [1.54, 1.807) is 6.20 Å². The first-order valence-electron chi connectivity index (χ1n) is 8.84. The van der Waals surface area contributed by atoms with Gasteiger partial charge in [0.1, 0.15) is 5.69 Å². The third kappa shape index (κ3) is 3.70. The Labute approximate surface area is 157 Å².